The molecule has 196 valence electrons. The van der Waals surface area contributed by atoms with E-state index in [-0.39, 0.29) is 0 Å². The molecule has 0 fully saturated rings. The van der Waals surface area contributed by atoms with Gasteiger partial charge in [-0.1, -0.05) is 18.2 Å². The molecule has 5 rings (SSSR count). The van der Waals surface area contributed by atoms with Crippen molar-refractivity contribution in [2.24, 2.45) is 0 Å². The van der Waals surface area contributed by atoms with Crippen molar-refractivity contribution in [3.8, 4) is 11.4 Å². The highest BCUT2D eigenvalue weighted by molar-refractivity contribution is 7.99. The number of carboxylic acid groups (broad SMARTS) is 1. The Morgan fingerprint density at radius 3 is 2.39 bits per heavy atom. The Bertz CT molecular complexity index is 1550. The van der Waals surface area contributed by atoms with E-state index in [1.807, 2.05) is 47.2 Å². The average molecular weight is 545 g/mol. The van der Waals surface area contributed by atoms with Crippen molar-refractivity contribution in [1.29, 1.82) is 0 Å². The highest BCUT2D eigenvalue weighted by Gasteiger charge is 2.38. The quantitative estimate of drug-likeness (QED) is 0.173. The Labute approximate surface area is 216 Å². The van der Waals surface area contributed by atoms with Crippen LogP contribution in [0, 0.1) is 0 Å². The maximum absolute atomic E-state index is 11.5. The highest BCUT2D eigenvalue weighted by Crippen LogP contribution is 2.33. The monoisotopic (exact) mass is 545 g/mol. The van der Waals surface area contributed by atoms with Crippen molar-refractivity contribution >= 4 is 34.5 Å². The smallest absolute Gasteiger partial charge is 0.475 e. The van der Waals surface area contributed by atoms with Crippen LogP contribution >= 0.6 is 11.8 Å². The molecule has 14 heteroatoms. The third kappa shape index (κ3) is 6.04. The van der Waals surface area contributed by atoms with Gasteiger partial charge in [0.25, 0.3) is 5.91 Å². The molecule has 0 saturated heterocycles. The molecular formula is C24H18F3N5O5S. The van der Waals surface area contributed by atoms with Crippen LogP contribution in [0.25, 0.3) is 22.3 Å². The van der Waals surface area contributed by atoms with E-state index in [4.69, 9.17) is 19.5 Å². The summed E-state index contributed by atoms with van der Waals surface area (Å²) in [6.07, 6.45) is -1.51. The van der Waals surface area contributed by atoms with Crippen molar-refractivity contribution < 1.29 is 37.5 Å². The summed E-state index contributed by atoms with van der Waals surface area (Å²) < 4.78 is 39.3. The molecule has 0 saturated carbocycles. The lowest BCUT2D eigenvalue weighted by Crippen LogP contribution is -2.21. The van der Waals surface area contributed by atoms with Crippen LogP contribution in [-0.2, 0) is 11.3 Å². The van der Waals surface area contributed by atoms with E-state index in [0.29, 0.717) is 17.3 Å². The van der Waals surface area contributed by atoms with Crippen LogP contribution in [0.3, 0.4) is 0 Å². The van der Waals surface area contributed by atoms with Crippen LogP contribution in [0.1, 0.15) is 16.1 Å². The molecule has 0 spiro atoms. The fourth-order valence-electron chi connectivity index (χ4n) is 3.37. The number of para-hydroxylation sites is 1. The first-order valence-electron chi connectivity index (χ1n) is 10.7. The number of hydrogen-bond acceptors (Lipinski definition) is 7. The molecule has 0 atom stereocenters. The molecule has 0 aliphatic heterocycles. The molecule has 3 heterocycles. The first kappa shape index (κ1) is 26.5. The average Bonchev–Trinajstić information content (AvgIpc) is 3.65. The van der Waals surface area contributed by atoms with Gasteiger partial charge in [-0.2, -0.15) is 13.2 Å². The minimum Gasteiger partial charge on any atom is -0.475 e. The van der Waals surface area contributed by atoms with Crippen molar-refractivity contribution in [1.82, 2.24) is 25.2 Å². The number of alkyl halides is 3. The van der Waals surface area contributed by atoms with Gasteiger partial charge in [-0.05, 0) is 54.2 Å². The number of carboxylic acids is 1. The molecule has 1 amide bonds. The van der Waals surface area contributed by atoms with E-state index >= 15 is 0 Å². The van der Waals surface area contributed by atoms with E-state index in [1.54, 1.807) is 36.0 Å². The number of aliphatic carboxylic acids is 1. The molecule has 0 aliphatic rings. The summed E-state index contributed by atoms with van der Waals surface area (Å²) in [5, 5.41) is 26.6. The summed E-state index contributed by atoms with van der Waals surface area (Å²) in [4.78, 5) is 24.6. The number of aromatic amines is 1. The van der Waals surface area contributed by atoms with Gasteiger partial charge < -0.3 is 14.5 Å². The van der Waals surface area contributed by atoms with Crippen LogP contribution in [0.2, 0.25) is 0 Å². The summed E-state index contributed by atoms with van der Waals surface area (Å²) in [6.45, 7) is 0.474. The number of hydroxylamine groups is 1. The number of carbonyl (C=O) groups is 2. The summed E-state index contributed by atoms with van der Waals surface area (Å²) in [5.41, 5.74) is 3.98. The molecule has 0 radical (unpaired) electrons. The number of furan rings is 1. The zero-order valence-electron chi connectivity index (χ0n) is 19.1. The first-order chi connectivity index (χ1) is 18.2. The molecule has 0 unspecified atom stereocenters. The van der Waals surface area contributed by atoms with Gasteiger partial charge in [0, 0.05) is 33.1 Å². The molecule has 5 aromatic rings. The van der Waals surface area contributed by atoms with Gasteiger partial charge in [-0.15, -0.1) is 10.2 Å². The van der Waals surface area contributed by atoms with Gasteiger partial charge in [-0.25, -0.2) is 10.3 Å². The number of carbonyl (C=O) groups excluding carboxylic acids is 1. The Morgan fingerprint density at radius 1 is 1.05 bits per heavy atom. The molecule has 0 aliphatic carbocycles. The Morgan fingerprint density at radius 2 is 1.76 bits per heavy atom. The number of H-pyrrole nitrogens is 1. The number of amides is 1. The standard InChI is InChI=1S/C22H17N5O3S.C2HF3O2/c28-21(26-29)14-7-9-16(10-8-14)31-22-25-24-20(27(22)13-15-4-3-11-30-15)18-12-23-19-6-2-1-5-17(18)19;3-2(4,5)1(6)7/h1-12,23,29H,13H2,(H,26,28);(H,6,7). The van der Waals surface area contributed by atoms with Gasteiger partial charge in [0.1, 0.15) is 5.76 Å². The van der Waals surface area contributed by atoms with Gasteiger partial charge >= 0.3 is 12.1 Å². The molecule has 38 heavy (non-hydrogen) atoms. The first-order valence-corrected chi connectivity index (χ1v) is 11.5. The van der Waals surface area contributed by atoms with Crippen molar-refractivity contribution in [3.05, 3.63) is 84.4 Å². The number of halogens is 3. The number of nitrogens with one attached hydrogen (secondary N) is 2. The second-order valence-corrected chi connectivity index (χ2v) is 8.63. The van der Waals surface area contributed by atoms with E-state index in [9.17, 15) is 18.0 Å². The van der Waals surface area contributed by atoms with E-state index < -0.39 is 18.1 Å². The Hall–Kier alpha value is -4.56. The van der Waals surface area contributed by atoms with Gasteiger partial charge in [0.05, 0.1) is 12.8 Å². The van der Waals surface area contributed by atoms with Crippen molar-refractivity contribution in [2.45, 2.75) is 22.8 Å². The topological polar surface area (TPSA) is 146 Å². The lowest BCUT2D eigenvalue weighted by molar-refractivity contribution is -0.192. The minimum absolute atomic E-state index is 0.364. The van der Waals surface area contributed by atoms with Crippen LogP contribution in [-0.4, -0.2) is 48.1 Å². The molecule has 4 N–H and O–H groups in total. The molecule has 10 nitrogen and oxygen atoms in total. The predicted octanol–water partition coefficient (Wildman–Crippen LogP) is 4.97. The van der Waals surface area contributed by atoms with Crippen LogP contribution in [0.15, 0.2) is 87.6 Å². The molecule has 2 aromatic carbocycles. The maximum atomic E-state index is 11.5. The molecule has 0 bridgehead atoms. The van der Waals surface area contributed by atoms with E-state index in [2.05, 4.69) is 15.2 Å². The maximum Gasteiger partial charge on any atom is 0.490 e. The highest BCUT2D eigenvalue weighted by atomic mass is 32.2. The summed E-state index contributed by atoms with van der Waals surface area (Å²) in [7, 11) is 0. The lowest BCUT2D eigenvalue weighted by Gasteiger charge is -2.09. The van der Waals surface area contributed by atoms with E-state index in [0.717, 1.165) is 32.9 Å². The number of aromatic nitrogens is 4. The SMILES string of the molecule is O=C(NO)c1ccc(Sc2nnc(-c3c[nH]c4ccccc34)n2Cc2ccco2)cc1.O=C(O)C(F)(F)F. The second-order valence-electron chi connectivity index (χ2n) is 7.59. The Balaban J connectivity index is 0.000000426. The number of benzene rings is 2. The van der Waals surface area contributed by atoms with Crippen molar-refractivity contribution in [3.63, 3.8) is 0 Å². The predicted molar refractivity (Wildman–Crippen MR) is 129 cm³/mol. The third-order valence-corrected chi connectivity index (χ3v) is 6.10. The fourth-order valence-corrected chi connectivity index (χ4v) is 4.19. The largest absolute Gasteiger partial charge is 0.490 e. The lowest BCUT2D eigenvalue weighted by atomic mass is 10.1. The zero-order valence-corrected chi connectivity index (χ0v) is 20.0. The van der Waals surface area contributed by atoms with Crippen molar-refractivity contribution in [2.75, 3.05) is 0 Å². The third-order valence-electron chi connectivity index (χ3n) is 5.11. The van der Waals surface area contributed by atoms with Gasteiger partial charge in [0.2, 0.25) is 0 Å². The molecule has 3 aromatic heterocycles. The number of fused-ring (bicyclic) bond motifs is 1. The number of nitrogens with zero attached hydrogens (tertiary/aromatic N) is 3. The summed E-state index contributed by atoms with van der Waals surface area (Å²) in [5.74, 6) is -1.79. The summed E-state index contributed by atoms with van der Waals surface area (Å²) >= 11 is 1.43. The van der Waals surface area contributed by atoms with Crippen LogP contribution in [0.4, 0.5) is 13.2 Å². The normalized spacial score (nSPS) is 11.2. The second kappa shape index (κ2) is 11.2. The molecular weight excluding hydrogens is 527 g/mol. The Kier molecular flexibility index (Phi) is 7.83. The van der Waals surface area contributed by atoms with Gasteiger partial charge in [-0.3, -0.25) is 14.6 Å². The summed E-state index contributed by atoms with van der Waals surface area (Å²) in [6, 6.07) is 18.7. The number of hydrogen-bond donors (Lipinski definition) is 4. The zero-order chi connectivity index (χ0) is 27.3. The van der Waals surface area contributed by atoms with E-state index in [1.165, 1.54) is 11.8 Å². The van der Waals surface area contributed by atoms with Crippen LogP contribution < -0.4 is 5.48 Å². The number of rotatable bonds is 6. The van der Waals surface area contributed by atoms with Gasteiger partial charge in [0.15, 0.2) is 11.0 Å². The minimum atomic E-state index is -5.08. The van der Waals surface area contributed by atoms with Crippen LogP contribution in [0.5, 0.6) is 0 Å². The fraction of sp³-hybridized carbons (Fsp3) is 0.0833.